The number of hydrogen-bond donors (Lipinski definition) is 1. The number of piperazine rings is 1. The van der Waals surface area contributed by atoms with Crippen LogP contribution in [0.25, 0.3) is 10.8 Å². The zero-order chi connectivity index (χ0) is 22.0. The van der Waals surface area contributed by atoms with Crippen molar-refractivity contribution in [1.29, 1.82) is 0 Å². The van der Waals surface area contributed by atoms with E-state index in [1.54, 1.807) is 59.3 Å². The van der Waals surface area contributed by atoms with Crippen LogP contribution in [-0.2, 0) is 4.79 Å². The summed E-state index contributed by atoms with van der Waals surface area (Å²) < 4.78 is 5.97. The lowest BCUT2D eigenvalue weighted by Gasteiger charge is -2.40. The minimum Gasteiger partial charge on any atom is -0.480 e. The van der Waals surface area contributed by atoms with E-state index in [-0.39, 0.29) is 23.4 Å². The molecule has 0 spiro atoms. The van der Waals surface area contributed by atoms with Crippen molar-refractivity contribution >= 4 is 22.6 Å². The van der Waals surface area contributed by atoms with Gasteiger partial charge in [0.1, 0.15) is 5.75 Å². The van der Waals surface area contributed by atoms with Gasteiger partial charge in [-0.05, 0) is 44.2 Å². The second-order valence-electron chi connectivity index (χ2n) is 7.78. The Hall–Kier alpha value is -3.61. The van der Waals surface area contributed by atoms with Crippen LogP contribution in [0.1, 0.15) is 24.2 Å². The predicted octanol–water partition coefficient (Wildman–Crippen LogP) is 2.67. The van der Waals surface area contributed by atoms with Gasteiger partial charge in [0.05, 0.1) is 5.39 Å². The lowest BCUT2D eigenvalue weighted by atomic mass is 10.1. The number of aromatic nitrogens is 1. The molecule has 0 bridgehead atoms. The van der Waals surface area contributed by atoms with Crippen molar-refractivity contribution in [2.75, 3.05) is 19.6 Å². The van der Waals surface area contributed by atoms with E-state index in [0.717, 1.165) is 0 Å². The molecule has 2 heterocycles. The Balaban J connectivity index is 1.44. The van der Waals surface area contributed by atoms with Gasteiger partial charge in [-0.25, -0.2) is 0 Å². The number of benzene rings is 2. The average molecular weight is 419 g/mol. The summed E-state index contributed by atoms with van der Waals surface area (Å²) >= 11 is 0. The van der Waals surface area contributed by atoms with Crippen LogP contribution in [0, 0.1) is 0 Å². The van der Waals surface area contributed by atoms with Crippen LogP contribution in [0.3, 0.4) is 0 Å². The van der Waals surface area contributed by atoms with Gasteiger partial charge >= 0.3 is 0 Å². The van der Waals surface area contributed by atoms with Crippen molar-refractivity contribution in [1.82, 2.24) is 14.8 Å². The first-order valence-electron chi connectivity index (χ1n) is 10.4. The molecule has 1 N–H and O–H groups in total. The number of rotatable bonds is 4. The van der Waals surface area contributed by atoms with E-state index in [1.807, 2.05) is 25.1 Å². The highest BCUT2D eigenvalue weighted by Crippen LogP contribution is 2.24. The third kappa shape index (κ3) is 4.17. The smallest absolute Gasteiger partial charge is 0.263 e. The Bertz CT molecular complexity index is 1160. The van der Waals surface area contributed by atoms with E-state index >= 15 is 0 Å². The highest BCUT2D eigenvalue weighted by molar-refractivity contribution is 5.94. The maximum atomic E-state index is 13.1. The number of pyridine rings is 1. The molecule has 2 aromatic carbocycles. The van der Waals surface area contributed by atoms with E-state index in [9.17, 15) is 14.4 Å². The first-order valence-corrected chi connectivity index (χ1v) is 10.4. The Morgan fingerprint density at radius 3 is 2.55 bits per heavy atom. The van der Waals surface area contributed by atoms with Crippen LogP contribution in [0.2, 0.25) is 0 Å². The molecule has 1 saturated heterocycles. The van der Waals surface area contributed by atoms with Gasteiger partial charge in [0.2, 0.25) is 0 Å². The van der Waals surface area contributed by atoms with Crippen molar-refractivity contribution < 1.29 is 14.3 Å². The van der Waals surface area contributed by atoms with Crippen LogP contribution in [0.15, 0.2) is 65.6 Å². The number of fused-ring (bicyclic) bond motifs is 1. The fraction of sp³-hybridized carbons (Fsp3) is 0.292. The Morgan fingerprint density at radius 2 is 1.81 bits per heavy atom. The minimum absolute atomic E-state index is 0.0233. The number of nitrogens with one attached hydrogen (secondary N) is 1. The molecule has 0 unspecified atom stereocenters. The molecular weight excluding hydrogens is 394 g/mol. The highest BCUT2D eigenvalue weighted by atomic mass is 16.5. The van der Waals surface area contributed by atoms with Crippen molar-refractivity contribution in [3.8, 4) is 5.75 Å². The quantitative estimate of drug-likeness (QED) is 0.705. The lowest BCUT2D eigenvalue weighted by molar-refractivity contribution is -0.142. The SMILES string of the molecule is C[C@H](Oc1cccc2c(=O)[nH]ccc12)C(=O)N1CCN(C(=O)c2ccccc2)C[C@H]1C. The number of aromatic amines is 1. The molecule has 160 valence electrons. The first-order chi connectivity index (χ1) is 15.0. The molecule has 2 atom stereocenters. The van der Waals surface area contributed by atoms with Gasteiger partial charge in [-0.2, -0.15) is 0 Å². The number of amides is 2. The molecule has 31 heavy (non-hydrogen) atoms. The molecule has 3 aromatic rings. The third-order valence-corrected chi connectivity index (χ3v) is 5.65. The summed E-state index contributed by atoms with van der Waals surface area (Å²) in [5.41, 5.74) is 0.451. The van der Waals surface area contributed by atoms with Gasteiger partial charge in [0.25, 0.3) is 17.4 Å². The van der Waals surface area contributed by atoms with Crippen molar-refractivity contribution in [3.63, 3.8) is 0 Å². The summed E-state index contributed by atoms with van der Waals surface area (Å²) in [4.78, 5) is 44.0. The van der Waals surface area contributed by atoms with Gasteiger partial charge in [0.15, 0.2) is 6.10 Å². The van der Waals surface area contributed by atoms with Gasteiger partial charge in [-0.1, -0.05) is 24.3 Å². The molecule has 2 amide bonds. The predicted molar refractivity (Wildman–Crippen MR) is 118 cm³/mol. The summed E-state index contributed by atoms with van der Waals surface area (Å²) in [5, 5.41) is 1.18. The normalized spacial score (nSPS) is 17.4. The number of carbonyl (C=O) groups is 2. The standard InChI is InChI=1S/C24H25N3O4/c1-16-15-26(24(30)18-7-4-3-5-8-18)13-14-27(16)23(29)17(2)31-21-10-6-9-20-19(21)11-12-25-22(20)28/h3-12,16-17H,13-15H2,1-2H3,(H,25,28)/t16-,17+/m1/s1. The summed E-state index contributed by atoms with van der Waals surface area (Å²) in [6.45, 7) is 5.03. The van der Waals surface area contributed by atoms with Crippen LogP contribution in [0.4, 0.5) is 0 Å². The first kappa shape index (κ1) is 20.7. The number of ether oxygens (including phenoxy) is 1. The number of H-pyrrole nitrogens is 1. The molecule has 7 heteroatoms. The van der Waals surface area contributed by atoms with Crippen LogP contribution in [0.5, 0.6) is 5.75 Å². The summed E-state index contributed by atoms with van der Waals surface area (Å²) in [7, 11) is 0. The van der Waals surface area contributed by atoms with E-state index in [2.05, 4.69) is 4.98 Å². The number of carbonyl (C=O) groups excluding carboxylic acids is 2. The lowest BCUT2D eigenvalue weighted by Crippen LogP contribution is -2.57. The molecular formula is C24H25N3O4. The molecule has 1 fully saturated rings. The molecule has 0 radical (unpaired) electrons. The van der Waals surface area contributed by atoms with Gasteiger partial charge in [-0.3, -0.25) is 14.4 Å². The molecule has 1 aliphatic heterocycles. The van der Waals surface area contributed by atoms with Crippen LogP contribution in [-0.4, -0.2) is 58.4 Å². The van der Waals surface area contributed by atoms with Gasteiger partial charge in [-0.15, -0.1) is 0 Å². The van der Waals surface area contributed by atoms with Crippen molar-refractivity contribution in [3.05, 3.63) is 76.7 Å². The summed E-state index contributed by atoms with van der Waals surface area (Å²) in [5.74, 6) is 0.334. The third-order valence-electron chi connectivity index (χ3n) is 5.65. The van der Waals surface area contributed by atoms with Gasteiger partial charge < -0.3 is 19.5 Å². The van der Waals surface area contributed by atoms with E-state index < -0.39 is 6.10 Å². The molecule has 0 saturated carbocycles. The largest absolute Gasteiger partial charge is 0.480 e. The number of hydrogen-bond acceptors (Lipinski definition) is 4. The van der Waals surface area contributed by atoms with Crippen LogP contribution < -0.4 is 10.3 Å². The zero-order valence-corrected chi connectivity index (χ0v) is 17.6. The maximum Gasteiger partial charge on any atom is 0.263 e. The van der Waals surface area contributed by atoms with E-state index in [0.29, 0.717) is 41.7 Å². The van der Waals surface area contributed by atoms with Crippen molar-refractivity contribution in [2.45, 2.75) is 26.0 Å². The maximum absolute atomic E-state index is 13.1. The molecule has 1 aromatic heterocycles. The van der Waals surface area contributed by atoms with Crippen LogP contribution >= 0.6 is 0 Å². The summed E-state index contributed by atoms with van der Waals surface area (Å²) in [6, 6.07) is 16.0. The molecule has 7 nitrogen and oxygen atoms in total. The summed E-state index contributed by atoms with van der Waals surface area (Å²) in [6.07, 6.45) is 0.846. The second-order valence-corrected chi connectivity index (χ2v) is 7.78. The molecule has 0 aliphatic carbocycles. The van der Waals surface area contributed by atoms with E-state index in [1.165, 1.54) is 0 Å². The Kier molecular flexibility index (Phi) is 5.75. The topological polar surface area (TPSA) is 82.7 Å². The van der Waals surface area contributed by atoms with Crippen molar-refractivity contribution in [2.24, 2.45) is 0 Å². The minimum atomic E-state index is -0.719. The molecule has 1 aliphatic rings. The van der Waals surface area contributed by atoms with E-state index in [4.69, 9.17) is 4.74 Å². The average Bonchev–Trinajstić information content (AvgIpc) is 2.79. The Labute approximate surface area is 180 Å². The number of nitrogens with zero attached hydrogens (tertiary/aromatic N) is 2. The fourth-order valence-electron chi connectivity index (χ4n) is 4.00. The van der Waals surface area contributed by atoms with Gasteiger partial charge in [0, 0.05) is 42.8 Å². The monoisotopic (exact) mass is 419 g/mol. The Morgan fingerprint density at radius 1 is 1.03 bits per heavy atom. The second kappa shape index (κ2) is 8.63. The zero-order valence-electron chi connectivity index (χ0n) is 17.6. The fourth-order valence-corrected chi connectivity index (χ4v) is 4.00. The molecule has 4 rings (SSSR count). The highest BCUT2D eigenvalue weighted by Gasteiger charge is 2.33.